The van der Waals surface area contributed by atoms with E-state index in [1.54, 1.807) is 0 Å². The Hall–Kier alpha value is -7.43. The highest BCUT2D eigenvalue weighted by Crippen LogP contribution is 2.43. The summed E-state index contributed by atoms with van der Waals surface area (Å²) >= 11 is 0. The van der Waals surface area contributed by atoms with Gasteiger partial charge in [-0.3, -0.25) is 0 Å². The summed E-state index contributed by atoms with van der Waals surface area (Å²) in [5.74, 6) is 1.93. The van der Waals surface area contributed by atoms with Crippen molar-refractivity contribution in [3.63, 3.8) is 0 Å². The largest absolute Gasteiger partial charge is 0.309 e. The summed E-state index contributed by atoms with van der Waals surface area (Å²) in [5.41, 5.74) is 8.73. The van der Waals surface area contributed by atoms with Gasteiger partial charge in [-0.2, -0.15) is 0 Å². The second-order valence-electron chi connectivity index (χ2n) is 14.0. The van der Waals surface area contributed by atoms with Crippen LogP contribution in [0.3, 0.4) is 0 Å². The Morgan fingerprint density at radius 1 is 0.291 bits per heavy atom. The number of nitrogens with zero attached hydrogens (tertiary/aromatic N) is 4. The van der Waals surface area contributed by atoms with Gasteiger partial charge in [-0.15, -0.1) is 0 Å². The molecule has 0 bridgehead atoms. The molecule has 9 aromatic carbocycles. The predicted octanol–water partition coefficient (Wildman–Crippen LogP) is 13.1. The van der Waals surface area contributed by atoms with E-state index >= 15 is 0 Å². The molecule has 0 spiro atoms. The fraction of sp³-hybridized carbons (Fsp3) is 0. The number of rotatable bonds is 5. The molecule has 0 aliphatic carbocycles. The van der Waals surface area contributed by atoms with Crippen molar-refractivity contribution in [3.05, 3.63) is 194 Å². The van der Waals surface area contributed by atoms with E-state index < -0.39 is 0 Å². The lowest BCUT2D eigenvalue weighted by Gasteiger charge is -2.15. The predicted molar refractivity (Wildman–Crippen MR) is 228 cm³/mol. The lowest BCUT2D eigenvalue weighted by Crippen LogP contribution is -2.00. The normalized spacial score (nSPS) is 11.6. The highest BCUT2D eigenvalue weighted by molar-refractivity contribution is 6.33. The van der Waals surface area contributed by atoms with Crippen LogP contribution in [0.1, 0.15) is 0 Å². The molecule has 0 atom stereocenters. The van der Waals surface area contributed by atoms with Gasteiger partial charge in [0.2, 0.25) is 0 Å². The molecule has 256 valence electrons. The van der Waals surface area contributed by atoms with Gasteiger partial charge in [0.1, 0.15) is 0 Å². The highest BCUT2D eigenvalue weighted by Gasteiger charge is 2.20. The molecule has 0 aliphatic rings. The lowest BCUT2D eigenvalue weighted by atomic mass is 9.91. The Balaban J connectivity index is 1.14. The Bertz CT molecular complexity index is 3200. The van der Waals surface area contributed by atoms with E-state index in [-0.39, 0.29) is 0 Å². The number of hydrogen-bond acceptors (Lipinski definition) is 3. The molecule has 0 fully saturated rings. The maximum atomic E-state index is 5.14. The summed E-state index contributed by atoms with van der Waals surface area (Å²) in [6, 6.07) is 68.6. The number of benzene rings is 9. The molecule has 0 N–H and O–H groups in total. The standard InChI is InChI=1S/C51H32N4/c1-4-14-33(15-5-1)34-24-26-36(27-25-34)50-52-49(35-16-6-2-7-17-35)53-51(54-50)37-28-29-40-43-30-31-44-41-21-12-13-23-46(41)55(38-18-8-3-9-19-38)48(44)47(43)42-22-11-10-20-39(42)45(40)32-37/h1-32H. The maximum absolute atomic E-state index is 5.14. The fourth-order valence-corrected chi connectivity index (χ4v) is 8.27. The molecule has 0 saturated heterocycles. The minimum absolute atomic E-state index is 0.640. The number of para-hydroxylation sites is 2. The van der Waals surface area contributed by atoms with Crippen LogP contribution in [0.4, 0.5) is 0 Å². The van der Waals surface area contributed by atoms with Crippen LogP contribution in [0.5, 0.6) is 0 Å². The van der Waals surface area contributed by atoms with E-state index in [2.05, 4.69) is 174 Å². The molecular weight excluding hydrogens is 669 g/mol. The van der Waals surface area contributed by atoms with Crippen LogP contribution in [-0.2, 0) is 0 Å². The zero-order chi connectivity index (χ0) is 36.3. The molecule has 11 rings (SSSR count). The SMILES string of the molecule is c1ccc(-c2ccc(-c3nc(-c4ccccc4)nc(-c4ccc5c(c4)c4ccccc4c4c5ccc5c6ccccc6n(-c6ccccc6)c54)n3)cc2)cc1. The van der Waals surface area contributed by atoms with Crippen molar-refractivity contribution < 1.29 is 0 Å². The Morgan fingerprint density at radius 2 is 0.727 bits per heavy atom. The highest BCUT2D eigenvalue weighted by atomic mass is 15.0. The van der Waals surface area contributed by atoms with Gasteiger partial charge in [0.25, 0.3) is 0 Å². The van der Waals surface area contributed by atoms with Crippen molar-refractivity contribution in [3.8, 4) is 51.0 Å². The number of hydrogen-bond donors (Lipinski definition) is 0. The van der Waals surface area contributed by atoms with Gasteiger partial charge in [0.05, 0.1) is 11.0 Å². The minimum Gasteiger partial charge on any atom is -0.309 e. The van der Waals surface area contributed by atoms with Gasteiger partial charge in [-0.1, -0.05) is 170 Å². The zero-order valence-electron chi connectivity index (χ0n) is 29.8. The quantitative estimate of drug-likeness (QED) is 0.168. The van der Waals surface area contributed by atoms with Gasteiger partial charge in [0.15, 0.2) is 17.5 Å². The molecule has 0 unspecified atom stereocenters. The van der Waals surface area contributed by atoms with E-state index in [4.69, 9.17) is 15.0 Å². The molecule has 4 heteroatoms. The molecule has 0 saturated carbocycles. The van der Waals surface area contributed by atoms with Crippen LogP contribution >= 0.6 is 0 Å². The van der Waals surface area contributed by atoms with Crippen molar-refractivity contribution in [1.29, 1.82) is 0 Å². The molecule has 55 heavy (non-hydrogen) atoms. The fourth-order valence-electron chi connectivity index (χ4n) is 8.27. The van der Waals surface area contributed by atoms with Crippen LogP contribution in [-0.4, -0.2) is 19.5 Å². The van der Waals surface area contributed by atoms with Crippen molar-refractivity contribution in [1.82, 2.24) is 19.5 Å². The number of aromatic nitrogens is 4. The Kier molecular flexibility index (Phi) is 7.14. The van der Waals surface area contributed by atoms with Gasteiger partial charge in [-0.05, 0) is 62.3 Å². The molecule has 0 radical (unpaired) electrons. The average molecular weight is 701 g/mol. The second kappa shape index (κ2) is 12.6. The molecule has 2 aromatic heterocycles. The van der Waals surface area contributed by atoms with Crippen LogP contribution < -0.4 is 0 Å². The number of fused-ring (bicyclic) bond motifs is 10. The molecule has 0 amide bonds. The smallest absolute Gasteiger partial charge is 0.164 e. The van der Waals surface area contributed by atoms with Gasteiger partial charge >= 0.3 is 0 Å². The summed E-state index contributed by atoms with van der Waals surface area (Å²) in [6.45, 7) is 0. The topological polar surface area (TPSA) is 43.6 Å². The molecule has 11 aromatic rings. The average Bonchev–Trinajstić information content (AvgIpc) is 3.61. The van der Waals surface area contributed by atoms with Crippen molar-refractivity contribution in [2.75, 3.05) is 0 Å². The second-order valence-corrected chi connectivity index (χ2v) is 14.0. The van der Waals surface area contributed by atoms with Crippen LogP contribution in [0.15, 0.2) is 194 Å². The van der Waals surface area contributed by atoms with E-state index in [0.29, 0.717) is 17.5 Å². The monoisotopic (exact) mass is 700 g/mol. The first-order valence-corrected chi connectivity index (χ1v) is 18.6. The third-order valence-electron chi connectivity index (χ3n) is 10.8. The van der Waals surface area contributed by atoms with Gasteiger partial charge < -0.3 is 4.57 Å². The van der Waals surface area contributed by atoms with E-state index in [1.807, 2.05) is 24.3 Å². The van der Waals surface area contributed by atoms with Crippen molar-refractivity contribution >= 4 is 54.1 Å². The van der Waals surface area contributed by atoms with Crippen molar-refractivity contribution in [2.24, 2.45) is 0 Å². The van der Waals surface area contributed by atoms with Crippen molar-refractivity contribution in [2.45, 2.75) is 0 Å². The Labute approximate surface area is 317 Å². The van der Waals surface area contributed by atoms with Gasteiger partial charge in [-0.25, -0.2) is 15.0 Å². The zero-order valence-corrected chi connectivity index (χ0v) is 29.8. The first kappa shape index (κ1) is 31.1. The van der Waals surface area contributed by atoms with E-state index in [9.17, 15) is 0 Å². The minimum atomic E-state index is 0.640. The summed E-state index contributed by atoms with van der Waals surface area (Å²) in [7, 11) is 0. The van der Waals surface area contributed by atoms with E-state index in [0.717, 1.165) is 33.3 Å². The van der Waals surface area contributed by atoms with Gasteiger partial charge in [0, 0.05) is 38.5 Å². The third-order valence-corrected chi connectivity index (χ3v) is 10.8. The molecule has 2 heterocycles. The van der Waals surface area contributed by atoms with Crippen LogP contribution in [0.2, 0.25) is 0 Å². The van der Waals surface area contributed by atoms with E-state index in [1.165, 1.54) is 54.3 Å². The summed E-state index contributed by atoms with van der Waals surface area (Å²) < 4.78 is 2.43. The maximum Gasteiger partial charge on any atom is 0.164 e. The van der Waals surface area contributed by atoms with Crippen LogP contribution in [0, 0.1) is 0 Å². The summed E-state index contributed by atoms with van der Waals surface area (Å²) in [4.78, 5) is 15.2. The Morgan fingerprint density at radius 3 is 1.44 bits per heavy atom. The first-order valence-electron chi connectivity index (χ1n) is 18.6. The molecule has 0 aliphatic heterocycles. The summed E-state index contributed by atoms with van der Waals surface area (Å²) in [5, 5.41) is 9.73. The lowest BCUT2D eigenvalue weighted by molar-refractivity contribution is 1.07. The first-order chi connectivity index (χ1) is 27.3. The third kappa shape index (κ3) is 5.11. The molecular formula is C51H32N4. The molecule has 4 nitrogen and oxygen atoms in total. The summed E-state index contributed by atoms with van der Waals surface area (Å²) in [6.07, 6.45) is 0. The van der Waals surface area contributed by atoms with Crippen LogP contribution in [0.25, 0.3) is 105 Å².